The normalized spacial score (nSPS) is 17.6. The van der Waals surface area contributed by atoms with E-state index in [4.69, 9.17) is 34.6 Å². The largest absolute Gasteiger partial charge is 0.494 e. The molecule has 0 saturated carbocycles. The minimum atomic E-state index is -3.84. The van der Waals surface area contributed by atoms with E-state index < -0.39 is 39.4 Å². The standard InChI is InChI=1S/C32H37N5O8S/c1-42-28(43-2)22-34-31(39)32(17-20-46(40,41)26-10-4-3-5-11-26)29(27-12-7-6-9-24(27)21-35-37-33)45-30(36-32)23-13-15-25(16-14-23)44-19-8-18-38/h3-7,9-16,28-29,38H,8,17-22H2,1-2H3,(H,34,39)/t29-,32-/m1/s1. The van der Waals surface area contributed by atoms with Crippen LogP contribution in [0.1, 0.15) is 35.6 Å². The van der Waals surface area contributed by atoms with Gasteiger partial charge in [0.05, 0.1) is 30.3 Å². The van der Waals surface area contributed by atoms with Crippen molar-refractivity contribution in [3.63, 3.8) is 0 Å². The van der Waals surface area contributed by atoms with Crippen molar-refractivity contribution in [2.45, 2.75) is 42.2 Å². The van der Waals surface area contributed by atoms with Crippen LogP contribution >= 0.6 is 0 Å². The van der Waals surface area contributed by atoms with Crippen LogP contribution in [0.4, 0.5) is 0 Å². The molecule has 1 aliphatic rings. The van der Waals surface area contributed by atoms with Gasteiger partial charge in [-0.2, -0.15) is 0 Å². The number of carbonyl (C=O) groups excluding carboxylic acids is 1. The minimum absolute atomic E-state index is 0.00488. The quantitative estimate of drug-likeness (QED) is 0.0719. The summed E-state index contributed by atoms with van der Waals surface area (Å²) in [4.78, 5) is 22.2. The fraction of sp³-hybridized carbons (Fsp3) is 0.375. The monoisotopic (exact) mass is 651 g/mol. The first-order valence-corrected chi connectivity index (χ1v) is 16.2. The molecule has 4 rings (SSSR count). The van der Waals surface area contributed by atoms with E-state index in [0.717, 1.165) is 0 Å². The van der Waals surface area contributed by atoms with Gasteiger partial charge in [-0.3, -0.25) is 4.79 Å². The number of aliphatic hydroxyl groups is 1. The SMILES string of the molecule is COC(CNC(=O)[C@]1(CCS(=O)(=O)c2ccccc2)N=C(c2ccc(OCCCO)cc2)O[C@@H]1c1ccccc1CN=[N+]=[N-])OC. The third kappa shape index (κ3) is 8.22. The van der Waals surface area contributed by atoms with Gasteiger partial charge in [0.1, 0.15) is 5.75 Å². The highest BCUT2D eigenvalue weighted by atomic mass is 32.2. The highest BCUT2D eigenvalue weighted by Crippen LogP contribution is 2.44. The van der Waals surface area contributed by atoms with Crippen molar-refractivity contribution >= 4 is 21.6 Å². The Balaban J connectivity index is 1.82. The molecule has 0 aliphatic carbocycles. The average molecular weight is 652 g/mol. The number of hydrogen-bond donors (Lipinski definition) is 2. The van der Waals surface area contributed by atoms with Crippen molar-refractivity contribution in [1.29, 1.82) is 0 Å². The number of nitrogens with one attached hydrogen (secondary N) is 1. The first-order valence-electron chi connectivity index (χ1n) is 14.6. The molecule has 0 unspecified atom stereocenters. The van der Waals surface area contributed by atoms with Crippen LogP contribution in [0.15, 0.2) is 93.9 Å². The molecule has 0 aromatic heterocycles. The van der Waals surface area contributed by atoms with Crippen LogP contribution in [0.5, 0.6) is 5.75 Å². The summed E-state index contributed by atoms with van der Waals surface area (Å²) in [7, 11) is -0.976. The molecule has 2 N–H and O–H groups in total. The molecule has 0 fully saturated rings. The van der Waals surface area contributed by atoms with E-state index in [-0.39, 0.29) is 36.9 Å². The summed E-state index contributed by atoms with van der Waals surface area (Å²) >= 11 is 0. The lowest BCUT2D eigenvalue weighted by molar-refractivity contribution is -0.134. The van der Waals surface area contributed by atoms with E-state index in [9.17, 15) is 13.2 Å². The van der Waals surface area contributed by atoms with Crippen LogP contribution in [0.25, 0.3) is 10.4 Å². The van der Waals surface area contributed by atoms with E-state index in [1.54, 1.807) is 66.7 Å². The Labute approximate surface area is 267 Å². The zero-order valence-electron chi connectivity index (χ0n) is 25.6. The molecule has 3 aromatic carbocycles. The molecule has 0 spiro atoms. The Morgan fingerprint density at radius 3 is 2.46 bits per heavy atom. The Morgan fingerprint density at radius 1 is 1.09 bits per heavy atom. The van der Waals surface area contributed by atoms with Gasteiger partial charge in [0.15, 0.2) is 27.8 Å². The lowest BCUT2D eigenvalue weighted by Crippen LogP contribution is -2.51. The molecule has 13 nitrogen and oxygen atoms in total. The van der Waals surface area contributed by atoms with Gasteiger partial charge in [0.2, 0.25) is 5.90 Å². The van der Waals surface area contributed by atoms with Gasteiger partial charge in [0.25, 0.3) is 5.91 Å². The summed E-state index contributed by atoms with van der Waals surface area (Å²) < 4.78 is 49.7. The van der Waals surface area contributed by atoms with Gasteiger partial charge < -0.3 is 29.4 Å². The number of rotatable bonds is 17. The van der Waals surface area contributed by atoms with Gasteiger partial charge >= 0.3 is 0 Å². The predicted molar refractivity (Wildman–Crippen MR) is 170 cm³/mol. The van der Waals surface area contributed by atoms with Gasteiger partial charge in [-0.15, -0.1) is 0 Å². The second kappa shape index (κ2) is 16.2. The topological polar surface area (TPSA) is 182 Å². The molecule has 0 saturated heterocycles. The molecule has 1 aliphatic heterocycles. The van der Waals surface area contributed by atoms with Crippen molar-refractivity contribution in [2.75, 3.05) is 39.7 Å². The van der Waals surface area contributed by atoms with Crippen LogP contribution in [0.3, 0.4) is 0 Å². The van der Waals surface area contributed by atoms with Gasteiger partial charge in [0, 0.05) is 44.1 Å². The van der Waals surface area contributed by atoms with Crippen LogP contribution in [0, 0.1) is 0 Å². The first kappa shape index (κ1) is 34.4. The Hall–Kier alpha value is -4.46. The molecule has 0 bridgehead atoms. The van der Waals surface area contributed by atoms with Crippen LogP contribution in [-0.2, 0) is 35.4 Å². The maximum absolute atomic E-state index is 14.3. The fourth-order valence-corrected chi connectivity index (χ4v) is 6.40. The second-order valence-corrected chi connectivity index (χ2v) is 12.5. The molecule has 1 heterocycles. The van der Waals surface area contributed by atoms with Crippen LogP contribution in [0.2, 0.25) is 0 Å². The Morgan fingerprint density at radius 2 is 1.78 bits per heavy atom. The maximum atomic E-state index is 14.3. The molecular formula is C32H37N5O8S. The van der Waals surface area contributed by atoms with Crippen molar-refractivity contribution in [3.8, 4) is 5.75 Å². The smallest absolute Gasteiger partial charge is 0.252 e. The lowest BCUT2D eigenvalue weighted by atomic mass is 9.83. The lowest BCUT2D eigenvalue weighted by Gasteiger charge is -2.32. The molecule has 244 valence electrons. The maximum Gasteiger partial charge on any atom is 0.252 e. The molecule has 2 atom stereocenters. The molecule has 1 amide bonds. The number of hydrogen-bond acceptors (Lipinski definition) is 10. The third-order valence-corrected chi connectivity index (χ3v) is 9.21. The molecule has 46 heavy (non-hydrogen) atoms. The molecule has 0 radical (unpaired) electrons. The summed E-state index contributed by atoms with van der Waals surface area (Å²) in [6, 6.07) is 21.9. The highest BCUT2D eigenvalue weighted by molar-refractivity contribution is 7.91. The van der Waals surface area contributed by atoms with E-state index in [0.29, 0.717) is 35.5 Å². The van der Waals surface area contributed by atoms with Crippen molar-refractivity contribution in [2.24, 2.45) is 10.1 Å². The molecule has 14 heteroatoms. The van der Waals surface area contributed by atoms with E-state index in [1.807, 2.05) is 0 Å². The van der Waals surface area contributed by atoms with Gasteiger partial charge in [-0.25, -0.2) is 13.4 Å². The molecule has 3 aromatic rings. The second-order valence-electron chi connectivity index (χ2n) is 10.4. The predicted octanol–water partition coefficient (Wildman–Crippen LogP) is 4.11. The van der Waals surface area contributed by atoms with E-state index in [2.05, 4.69) is 15.3 Å². The zero-order chi connectivity index (χ0) is 33.0. The van der Waals surface area contributed by atoms with Gasteiger partial charge in [-0.05, 0) is 53.1 Å². The number of aliphatic hydroxyl groups excluding tert-OH is 1. The Kier molecular flexibility index (Phi) is 12.1. The minimum Gasteiger partial charge on any atom is -0.494 e. The summed E-state index contributed by atoms with van der Waals surface area (Å²) in [5.41, 5.74) is 8.89. The summed E-state index contributed by atoms with van der Waals surface area (Å²) in [5, 5.41) is 15.6. The zero-order valence-corrected chi connectivity index (χ0v) is 26.4. The Bertz CT molecular complexity index is 1640. The van der Waals surface area contributed by atoms with Gasteiger partial charge in [-0.1, -0.05) is 47.6 Å². The summed E-state index contributed by atoms with van der Waals surface area (Å²) in [6.45, 7) is 0.263. The number of carbonyl (C=O) groups is 1. The van der Waals surface area contributed by atoms with Crippen molar-refractivity contribution < 1.29 is 37.3 Å². The van der Waals surface area contributed by atoms with E-state index in [1.165, 1.54) is 26.4 Å². The van der Waals surface area contributed by atoms with Crippen LogP contribution < -0.4 is 10.1 Å². The number of methoxy groups -OCH3 is 2. The molecular weight excluding hydrogens is 614 g/mol. The summed E-state index contributed by atoms with van der Waals surface area (Å²) in [5.74, 6) is -0.338. The highest BCUT2D eigenvalue weighted by Gasteiger charge is 2.54. The number of sulfone groups is 1. The average Bonchev–Trinajstić information content (AvgIpc) is 3.48. The van der Waals surface area contributed by atoms with Crippen molar-refractivity contribution in [3.05, 3.63) is 106 Å². The number of ether oxygens (including phenoxy) is 4. The number of amides is 1. The number of azide groups is 1. The van der Waals surface area contributed by atoms with E-state index >= 15 is 0 Å². The number of benzene rings is 3. The van der Waals surface area contributed by atoms with Crippen LogP contribution in [-0.4, -0.2) is 76.9 Å². The summed E-state index contributed by atoms with van der Waals surface area (Å²) in [6.07, 6.45) is -1.63. The fourth-order valence-electron chi connectivity index (χ4n) is 5.02. The third-order valence-electron chi connectivity index (χ3n) is 7.48. The number of nitrogens with zero attached hydrogens (tertiary/aromatic N) is 4. The van der Waals surface area contributed by atoms with Crippen molar-refractivity contribution in [1.82, 2.24) is 5.32 Å². The first-order chi connectivity index (χ1) is 22.3. The number of aliphatic imine (C=N–C) groups is 1.